The number of nitrogens with zero attached hydrogens (tertiary/aromatic N) is 2. The van der Waals surface area contributed by atoms with E-state index in [1.165, 1.54) is 0 Å². The SMILES string of the molecule is CCC1(O)C(=O)OCc2c1cc1n(c2=O)Cc2cc3c(N)c(OC)ccc3nc2-1. The number of pyridine rings is 2. The highest BCUT2D eigenvalue weighted by atomic mass is 16.6. The van der Waals surface area contributed by atoms with E-state index >= 15 is 0 Å². The van der Waals surface area contributed by atoms with Crippen LogP contribution in [0.2, 0.25) is 0 Å². The fourth-order valence-corrected chi connectivity index (χ4v) is 4.23. The predicted octanol–water partition coefficient (Wildman–Crippen LogP) is 1.67. The molecule has 3 N–H and O–H groups in total. The van der Waals surface area contributed by atoms with Crippen LogP contribution in [0.25, 0.3) is 22.3 Å². The molecule has 2 aromatic heterocycles. The van der Waals surface area contributed by atoms with Crippen molar-refractivity contribution in [2.45, 2.75) is 32.1 Å². The summed E-state index contributed by atoms with van der Waals surface area (Å²) in [5, 5.41) is 11.6. The van der Waals surface area contributed by atoms with Crippen LogP contribution in [0.5, 0.6) is 5.75 Å². The molecule has 0 amide bonds. The third kappa shape index (κ3) is 2.20. The molecule has 2 aliphatic rings. The number of rotatable bonds is 2. The molecule has 0 aliphatic carbocycles. The molecule has 148 valence electrons. The van der Waals surface area contributed by atoms with Gasteiger partial charge in [-0.05, 0) is 30.7 Å². The van der Waals surface area contributed by atoms with E-state index in [0.29, 0.717) is 46.0 Å². The molecule has 0 saturated carbocycles. The minimum Gasteiger partial charge on any atom is -0.495 e. The van der Waals surface area contributed by atoms with Crippen molar-refractivity contribution < 1.29 is 19.4 Å². The van der Waals surface area contributed by atoms with Crippen LogP contribution in [0.15, 0.2) is 29.1 Å². The lowest BCUT2D eigenvalue weighted by atomic mass is 9.86. The summed E-state index contributed by atoms with van der Waals surface area (Å²) in [7, 11) is 1.55. The lowest BCUT2D eigenvalue weighted by Crippen LogP contribution is -2.44. The van der Waals surface area contributed by atoms with Crippen LogP contribution in [-0.4, -0.2) is 27.7 Å². The highest BCUT2D eigenvalue weighted by Gasteiger charge is 2.45. The van der Waals surface area contributed by atoms with Crippen LogP contribution in [0.1, 0.15) is 30.0 Å². The second-order valence-corrected chi connectivity index (χ2v) is 7.35. The summed E-state index contributed by atoms with van der Waals surface area (Å²) < 4.78 is 12.0. The third-order valence-corrected chi connectivity index (χ3v) is 5.91. The first-order chi connectivity index (χ1) is 13.9. The number of anilines is 1. The quantitative estimate of drug-likeness (QED) is 0.393. The van der Waals surface area contributed by atoms with Gasteiger partial charge in [-0.1, -0.05) is 6.92 Å². The molecule has 0 spiro atoms. The predicted molar refractivity (Wildman–Crippen MR) is 105 cm³/mol. The van der Waals surface area contributed by atoms with Gasteiger partial charge in [-0.15, -0.1) is 0 Å². The van der Waals surface area contributed by atoms with Gasteiger partial charge in [-0.2, -0.15) is 0 Å². The van der Waals surface area contributed by atoms with E-state index in [1.54, 1.807) is 30.7 Å². The highest BCUT2D eigenvalue weighted by Crippen LogP contribution is 2.40. The molecule has 4 heterocycles. The van der Waals surface area contributed by atoms with Crippen LogP contribution >= 0.6 is 0 Å². The van der Waals surface area contributed by atoms with Crippen molar-refractivity contribution in [1.29, 1.82) is 0 Å². The first-order valence-electron chi connectivity index (χ1n) is 9.32. The molecule has 8 heteroatoms. The first kappa shape index (κ1) is 17.7. The number of hydrogen-bond donors (Lipinski definition) is 2. The van der Waals surface area contributed by atoms with Gasteiger partial charge in [-0.25, -0.2) is 9.78 Å². The van der Waals surface area contributed by atoms with Crippen molar-refractivity contribution >= 4 is 22.6 Å². The van der Waals surface area contributed by atoms with Gasteiger partial charge in [0.1, 0.15) is 12.4 Å². The van der Waals surface area contributed by atoms with Gasteiger partial charge in [0.2, 0.25) is 0 Å². The number of benzene rings is 1. The number of ether oxygens (including phenoxy) is 2. The summed E-state index contributed by atoms with van der Waals surface area (Å²) in [4.78, 5) is 30.1. The zero-order chi connectivity index (χ0) is 20.5. The number of carbonyl (C=O) groups is 1. The Bertz CT molecular complexity index is 1280. The monoisotopic (exact) mass is 393 g/mol. The summed E-state index contributed by atoms with van der Waals surface area (Å²) in [5.41, 5.74) is 7.90. The van der Waals surface area contributed by atoms with Crippen molar-refractivity contribution in [2.75, 3.05) is 12.8 Å². The fourth-order valence-electron chi connectivity index (χ4n) is 4.23. The summed E-state index contributed by atoms with van der Waals surface area (Å²) in [6, 6.07) is 7.16. The maximum Gasteiger partial charge on any atom is 0.343 e. The van der Waals surface area contributed by atoms with E-state index in [2.05, 4.69) is 0 Å². The van der Waals surface area contributed by atoms with Gasteiger partial charge < -0.3 is 24.9 Å². The molecule has 1 unspecified atom stereocenters. The average Bonchev–Trinajstić information content (AvgIpc) is 3.08. The molecule has 3 aromatic rings. The standard InChI is InChI=1S/C21H19N3O5/c1-3-21(27)13-7-15-18-10(8-24(15)19(25)12(13)9-29-20(21)26)6-11-14(23-18)4-5-16(28-2)17(11)22/h4-7,27H,3,8-9,22H2,1-2H3. The van der Waals surface area contributed by atoms with Crippen molar-refractivity contribution in [2.24, 2.45) is 0 Å². The van der Waals surface area contributed by atoms with Crippen molar-refractivity contribution in [1.82, 2.24) is 9.55 Å². The smallest absolute Gasteiger partial charge is 0.343 e. The molecule has 0 bridgehead atoms. The van der Waals surface area contributed by atoms with E-state index in [9.17, 15) is 14.7 Å². The molecule has 8 nitrogen and oxygen atoms in total. The zero-order valence-corrected chi connectivity index (χ0v) is 16.0. The molecule has 2 aliphatic heterocycles. The normalized spacial score (nSPS) is 19.5. The molecular formula is C21H19N3O5. The second-order valence-electron chi connectivity index (χ2n) is 7.35. The number of fused-ring (bicyclic) bond motifs is 5. The first-order valence-corrected chi connectivity index (χ1v) is 9.32. The van der Waals surface area contributed by atoms with E-state index in [1.807, 2.05) is 12.1 Å². The Balaban J connectivity index is 1.78. The summed E-state index contributed by atoms with van der Waals surface area (Å²) >= 11 is 0. The van der Waals surface area contributed by atoms with Crippen LogP contribution in [0.3, 0.4) is 0 Å². The Kier molecular flexibility index (Phi) is 3.54. The number of hydrogen-bond acceptors (Lipinski definition) is 7. The Morgan fingerprint density at radius 2 is 2.14 bits per heavy atom. The lowest BCUT2D eigenvalue weighted by Gasteiger charge is -2.31. The Hall–Kier alpha value is -3.39. The van der Waals surface area contributed by atoms with Crippen molar-refractivity contribution in [3.8, 4) is 17.1 Å². The molecule has 0 fully saturated rings. The third-order valence-electron chi connectivity index (χ3n) is 5.91. The minimum absolute atomic E-state index is 0.107. The Labute approximate surface area is 165 Å². The largest absolute Gasteiger partial charge is 0.495 e. The maximum atomic E-state index is 13.1. The van der Waals surface area contributed by atoms with Gasteiger partial charge in [0.05, 0.1) is 41.8 Å². The molecule has 29 heavy (non-hydrogen) atoms. The van der Waals surface area contributed by atoms with Gasteiger partial charge in [0.25, 0.3) is 5.56 Å². The number of aromatic nitrogens is 2. The molecule has 0 saturated heterocycles. The van der Waals surface area contributed by atoms with Crippen LogP contribution in [0, 0.1) is 0 Å². The van der Waals surface area contributed by atoms with E-state index in [4.69, 9.17) is 20.2 Å². The summed E-state index contributed by atoms with van der Waals surface area (Å²) in [6.07, 6.45) is 0.107. The topological polar surface area (TPSA) is 117 Å². The number of nitrogens with two attached hydrogens (primary N) is 1. The molecule has 1 aromatic carbocycles. The Morgan fingerprint density at radius 3 is 2.86 bits per heavy atom. The maximum absolute atomic E-state index is 13.1. The van der Waals surface area contributed by atoms with E-state index in [-0.39, 0.29) is 18.6 Å². The molecule has 0 radical (unpaired) electrons. The van der Waals surface area contributed by atoms with Crippen molar-refractivity contribution in [3.05, 3.63) is 51.3 Å². The fraction of sp³-hybridized carbons (Fsp3) is 0.286. The number of nitrogen functional groups attached to an aromatic ring is 1. The molecule has 1 atom stereocenters. The van der Waals surface area contributed by atoms with Gasteiger partial charge >= 0.3 is 5.97 Å². The van der Waals surface area contributed by atoms with Gasteiger partial charge in [0, 0.05) is 16.5 Å². The summed E-state index contributed by atoms with van der Waals surface area (Å²) in [5.74, 6) is -0.174. The zero-order valence-electron chi connectivity index (χ0n) is 16.0. The minimum atomic E-state index is -1.83. The number of aliphatic hydroxyl groups is 1. The van der Waals surface area contributed by atoms with Crippen LogP contribution in [0.4, 0.5) is 5.69 Å². The average molecular weight is 393 g/mol. The van der Waals surface area contributed by atoms with E-state index < -0.39 is 11.6 Å². The number of cyclic esters (lactones) is 1. The van der Waals surface area contributed by atoms with Crippen molar-refractivity contribution in [3.63, 3.8) is 0 Å². The number of methoxy groups -OCH3 is 1. The van der Waals surface area contributed by atoms with E-state index in [0.717, 1.165) is 10.9 Å². The number of carbonyl (C=O) groups excluding carboxylic acids is 1. The van der Waals surface area contributed by atoms with Crippen LogP contribution in [-0.2, 0) is 28.3 Å². The molecular weight excluding hydrogens is 374 g/mol. The summed E-state index contributed by atoms with van der Waals surface area (Å²) in [6.45, 7) is 1.86. The van der Waals surface area contributed by atoms with Gasteiger partial charge in [-0.3, -0.25) is 4.79 Å². The lowest BCUT2D eigenvalue weighted by molar-refractivity contribution is -0.172. The van der Waals surface area contributed by atoms with Gasteiger partial charge in [0.15, 0.2) is 5.60 Å². The van der Waals surface area contributed by atoms with Crippen LogP contribution < -0.4 is 16.0 Å². The molecule has 5 rings (SSSR count). The highest BCUT2D eigenvalue weighted by molar-refractivity contribution is 5.96. The second kappa shape index (κ2) is 5.81. The number of esters is 1. The Morgan fingerprint density at radius 1 is 1.34 bits per heavy atom.